The van der Waals surface area contributed by atoms with Crippen LogP contribution in [-0.2, 0) is 19.5 Å². The van der Waals surface area contributed by atoms with E-state index in [0.717, 1.165) is 47.3 Å². The Balaban J connectivity index is 1.32. The summed E-state index contributed by atoms with van der Waals surface area (Å²) in [6.07, 6.45) is 5.93. The summed E-state index contributed by atoms with van der Waals surface area (Å²) in [6, 6.07) is 18.4. The largest absolute Gasteiger partial charge is 0.354 e. The highest BCUT2D eigenvalue weighted by Crippen LogP contribution is 2.27. The molecule has 2 aromatic carbocycles. The van der Waals surface area contributed by atoms with Crippen LogP contribution in [-0.4, -0.2) is 26.5 Å². The molecule has 2 aromatic heterocycles. The molecular formula is C27H26N4O2. The van der Waals surface area contributed by atoms with Gasteiger partial charge in [0.25, 0.3) is 5.91 Å². The van der Waals surface area contributed by atoms with Crippen LogP contribution in [0.2, 0.25) is 0 Å². The van der Waals surface area contributed by atoms with Crippen LogP contribution in [0.1, 0.15) is 56.1 Å². The smallest absolute Gasteiger partial charge is 0.268 e. The van der Waals surface area contributed by atoms with E-state index >= 15 is 0 Å². The van der Waals surface area contributed by atoms with Gasteiger partial charge in [-0.3, -0.25) is 14.3 Å². The molecule has 0 aliphatic heterocycles. The van der Waals surface area contributed by atoms with Crippen molar-refractivity contribution < 1.29 is 9.59 Å². The van der Waals surface area contributed by atoms with E-state index in [1.165, 1.54) is 5.56 Å². The second-order valence-corrected chi connectivity index (χ2v) is 8.50. The van der Waals surface area contributed by atoms with Gasteiger partial charge >= 0.3 is 0 Å². The van der Waals surface area contributed by atoms with Crippen LogP contribution in [0.4, 0.5) is 0 Å². The molecule has 6 heteroatoms. The number of nitrogens with one attached hydrogen (secondary N) is 2. The van der Waals surface area contributed by atoms with E-state index in [4.69, 9.17) is 0 Å². The highest BCUT2D eigenvalue weighted by atomic mass is 16.2. The van der Waals surface area contributed by atoms with E-state index in [1.54, 1.807) is 6.20 Å². The molecule has 5 rings (SSSR count). The van der Waals surface area contributed by atoms with Gasteiger partial charge in [0.05, 0.1) is 6.54 Å². The summed E-state index contributed by atoms with van der Waals surface area (Å²) in [4.78, 5) is 28.4. The molecule has 2 heterocycles. The maximum Gasteiger partial charge on any atom is 0.268 e. The van der Waals surface area contributed by atoms with E-state index in [1.807, 2.05) is 42.1 Å². The Morgan fingerprint density at radius 3 is 2.67 bits per heavy atom. The van der Waals surface area contributed by atoms with Crippen LogP contribution in [0.5, 0.6) is 0 Å². The summed E-state index contributed by atoms with van der Waals surface area (Å²) in [5.41, 5.74) is 7.25. The fourth-order valence-electron chi connectivity index (χ4n) is 4.59. The van der Waals surface area contributed by atoms with Crippen molar-refractivity contribution in [2.75, 3.05) is 0 Å². The number of aromatic nitrogens is 3. The predicted molar refractivity (Wildman–Crippen MR) is 127 cm³/mol. The molecule has 2 N–H and O–H groups in total. The third kappa shape index (κ3) is 4.24. The summed E-state index contributed by atoms with van der Waals surface area (Å²) in [7, 11) is 0. The average Bonchev–Trinajstić information content (AvgIpc) is 3.46. The first kappa shape index (κ1) is 20.9. The molecular weight excluding hydrogens is 412 g/mol. The zero-order valence-electron chi connectivity index (χ0n) is 18.6. The molecule has 6 nitrogen and oxygen atoms in total. The fraction of sp³-hybridized carbons (Fsp3) is 0.222. The van der Waals surface area contributed by atoms with Gasteiger partial charge in [-0.25, -0.2) is 0 Å². The first-order valence-electron chi connectivity index (χ1n) is 11.3. The fourth-order valence-corrected chi connectivity index (χ4v) is 4.59. The Morgan fingerprint density at radius 2 is 1.91 bits per heavy atom. The molecule has 0 saturated carbocycles. The number of hydrogen-bond acceptors (Lipinski definition) is 3. The van der Waals surface area contributed by atoms with Gasteiger partial charge in [-0.1, -0.05) is 48.5 Å². The van der Waals surface area contributed by atoms with Crippen molar-refractivity contribution in [3.05, 3.63) is 101 Å². The zero-order valence-corrected chi connectivity index (χ0v) is 18.6. The van der Waals surface area contributed by atoms with Gasteiger partial charge in [0.15, 0.2) is 5.78 Å². The number of aryl methyl sites for hydroxylation is 1. The lowest BCUT2D eigenvalue weighted by molar-refractivity contribution is 0.0945. The minimum Gasteiger partial charge on any atom is -0.354 e. The first-order chi connectivity index (χ1) is 16.1. The average molecular weight is 439 g/mol. The number of aromatic amines is 1. The summed E-state index contributed by atoms with van der Waals surface area (Å²) in [5, 5.41) is 7.30. The molecule has 1 aliphatic rings. The molecule has 0 radical (unpaired) electrons. The van der Waals surface area contributed by atoms with Crippen LogP contribution in [0, 0.1) is 6.92 Å². The van der Waals surface area contributed by atoms with Crippen LogP contribution in [0.15, 0.2) is 67.0 Å². The second kappa shape index (κ2) is 8.90. The Bertz CT molecular complexity index is 1300. The third-order valence-corrected chi connectivity index (χ3v) is 6.29. The standard InChI is InChI=1S/C27H26N4O2/c1-18-25-23(8-4-9-24(25)32)30-26(18)27(33)28-16-21-6-2-3-7-22(21)20-12-10-19(11-13-20)17-31-15-5-14-29-31/h2-3,5-7,10-15,30H,4,8-9,16-17H2,1H3,(H,28,33). The predicted octanol–water partition coefficient (Wildman–Crippen LogP) is 4.68. The summed E-state index contributed by atoms with van der Waals surface area (Å²) >= 11 is 0. The first-order valence-corrected chi connectivity index (χ1v) is 11.3. The SMILES string of the molecule is Cc1c(C(=O)NCc2ccccc2-c2ccc(Cn3cccn3)cc2)[nH]c2c1C(=O)CCC2. The summed E-state index contributed by atoms with van der Waals surface area (Å²) < 4.78 is 1.90. The van der Waals surface area contributed by atoms with Crippen LogP contribution >= 0.6 is 0 Å². The lowest BCUT2D eigenvalue weighted by Crippen LogP contribution is -2.24. The number of nitrogens with zero attached hydrogens (tertiary/aromatic N) is 2. The number of amides is 1. The number of rotatable bonds is 6. The molecule has 0 fully saturated rings. The number of carbonyl (C=O) groups is 2. The van der Waals surface area contributed by atoms with Gasteiger partial charge in [-0.05, 0) is 53.6 Å². The Hall–Kier alpha value is -3.93. The minimum absolute atomic E-state index is 0.130. The van der Waals surface area contributed by atoms with Gasteiger partial charge in [0, 0.05) is 36.6 Å². The van der Waals surface area contributed by atoms with E-state index in [-0.39, 0.29) is 11.7 Å². The lowest BCUT2D eigenvalue weighted by atomic mass is 9.94. The molecule has 4 aromatic rings. The van der Waals surface area contributed by atoms with Crippen molar-refractivity contribution in [2.45, 2.75) is 39.3 Å². The molecule has 0 atom stereocenters. The van der Waals surface area contributed by atoms with Crippen LogP contribution in [0.3, 0.4) is 0 Å². The van der Waals surface area contributed by atoms with Gasteiger partial charge in [-0.15, -0.1) is 0 Å². The molecule has 0 bridgehead atoms. The lowest BCUT2D eigenvalue weighted by Gasteiger charge is -2.12. The number of Topliss-reactive ketones (excluding diaryl/α,β-unsaturated/α-hetero) is 1. The molecule has 33 heavy (non-hydrogen) atoms. The Morgan fingerprint density at radius 1 is 1.09 bits per heavy atom. The monoisotopic (exact) mass is 438 g/mol. The summed E-state index contributed by atoms with van der Waals surface area (Å²) in [5.74, 6) is -0.0514. The van der Waals surface area contributed by atoms with Gasteiger partial charge in [0.2, 0.25) is 0 Å². The maximum absolute atomic E-state index is 12.9. The molecule has 1 aliphatic carbocycles. The van der Waals surface area contributed by atoms with E-state index in [2.05, 4.69) is 45.7 Å². The van der Waals surface area contributed by atoms with Gasteiger partial charge < -0.3 is 10.3 Å². The second-order valence-electron chi connectivity index (χ2n) is 8.50. The molecule has 0 unspecified atom stereocenters. The van der Waals surface area contributed by atoms with Crippen molar-refractivity contribution in [2.24, 2.45) is 0 Å². The number of benzene rings is 2. The topological polar surface area (TPSA) is 79.8 Å². The zero-order chi connectivity index (χ0) is 22.8. The number of H-pyrrole nitrogens is 1. The van der Waals surface area contributed by atoms with Crippen molar-refractivity contribution in [1.29, 1.82) is 0 Å². The number of fused-ring (bicyclic) bond motifs is 1. The van der Waals surface area contributed by atoms with Crippen molar-refractivity contribution in [1.82, 2.24) is 20.1 Å². The highest BCUT2D eigenvalue weighted by Gasteiger charge is 2.26. The van der Waals surface area contributed by atoms with Crippen molar-refractivity contribution in [3.63, 3.8) is 0 Å². The minimum atomic E-state index is -0.181. The normalized spacial score (nSPS) is 13.1. The Kier molecular flexibility index (Phi) is 5.65. The van der Waals surface area contributed by atoms with Gasteiger partial charge in [0.1, 0.15) is 5.69 Å². The van der Waals surface area contributed by atoms with Crippen LogP contribution < -0.4 is 5.32 Å². The Labute approximate surface area is 192 Å². The molecule has 0 spiro atoms. The van der Waals surface area contributed by atoms with Crippen LogP contribution in [0.25, 0.3) is 11.1 Å². The number of ketones is 1. The van der Waals surface area contributed by atoms with E-state index in [0.29, 0.717) is 24.2 Å². The van der Waals surface area contributed by atoms with E-state index < -0.39 is 0 Å². The molecule has 1 amide bonds. The third-order valence-electron chi connectivity index (χ3n) is 6.29. The van der Waals surface area contributed by atoms with Gasteiger partial charge in [-0.2, -0.15) is 5.10 Å². The van der Waals surface area contributed by atoms with E-state index in [9.17, 15) is 9.59 Å². The highest BCUT2D eigenvalue weighted by molar-refractivity contribution is 6.04. The quantitative estimate of drug-likeness (QED) is 0.459. The summed E-state index contributed by atoms with van der Waals surface area (Å²) in [6.45, 7) is 2.99. The van der Waals surface area contributed by atoms with Crippen molar-refractivity contribution >= 4 is 11.7 Å². The number of hydrogen-bond donors (Lipinski definition) is 2. The number of carbonyl (C=O) groups excluding carboxylic acids is 2. The molecule has 166 valence electrons. The maximum atomic E-state index is 12.9. The molecule has 0 saturated heterocycles. The van der Waals surface area contributed by atoms with Crippen molar-refractivity contribution in [3.8, 4) is 11.1 Å².